The van der Waals surface area contributed by atoms with Gasteiger partial charge in [-0.3, -0.25) is 0 Å². The summed E-state index contributed by atoms with van der Waals surface area (Å²) in [6.45, 7) is 0.579. The highest BCUT2D eigenvalue weighted by Crippen LogP contribution is 2.16. The Labute approximate surface area is 133 Å². The SMILES string of the molecule is CN(Cc1ccccc1)C(=O)N/C=C/c1ccccc1Br. The molecular formula is C17H17BrN2O. The summed E-state index contributed by atoms with van der Waals surface area (Å²) in [4.78, 5) is 13.6. The molecule has 0 saturated carbocycles. The Hall–Kier alpha value is -2.07. The summed E-state index contributed by atoms with van der Waals surface area (Å²) in [6.07, 6.45) is 3.52. The Kier molecular flexibility index (Phi) is 5.58. The zero-order chi connectivity index (χ0) is 15.1. The standard InChI is InChI=1S/C17H17BrN2O/c1-20(13-14-7-3-2-4-8-14)17(21)19-12-11-15-9-5-6-10-16(15)18/h2-12H,13H2,1H3,(H,19,21)/b12-11+. The summed E-state index contributed by atoms with van der Waals surface area (Å²) in [5, 5.41) is 2.76. The average Bonchev–Trinajstić information content (AvgIpc) is 2.50. The molecule has 0 radical (unpaired) electrons. The predicted octanol–water partition coefficient (Wildman–Crippen LogP) is 4.26. The van der Waals surface area contributed by atoms with Crippen LogP contribution in [0.5, 0.6) is 0 Å². The van der Waals surface area contributed by atoms with Crippen LogP contribution in [0, 0.1) is 0 Å². The molecule has 2 aromatic rings. The number of nitrogens with zero attached hydrogens (tertiary/aromatic N) is 1. The highest BCUT2D eigenvalue weighted by atomic mass is 79.9. The molecule has 0 unspecified atom stereocenters. The van der Waals surface area contributed by atoms with Gasteiger partial charge in [0.15, 0.2) is 0 Å². The molecule has 1 N–H and O–H groups in total. The van der Waals surface area contributed by atoms with E-state index in [-0.39, 0.29) is 6.03 Å². The van der Waals surface area contributed by atoms with Gasteiger partial charge in [0.1, 0.15) is 0 Å². The monoisotopic (exact) mass is 344 g/mol. The van der Waals surface area contributed by atoms with Crippen LogP contribution in [0.1, 0.15) is 11.1 Å². The van der Waals surface area contributed by atoms with Gasteiger partial charge in [-0.05, 0) is 23.3 Å². The number of benzene rings is 2. The van der Waals surface area contributed by atoms with E-state index in [2.05, 4.69) is 21.2 Å². The van der Waals surface area contributed by atoms with Crippen LogP contribution in [0.25, 0.3) is 6.08 Å². The minimum Gasteiger partial charge on any atom is -0.323 e. The van der Waals surface area contributed by atoms with Gasteiger partial charge in [-0.2, -0.15) is 0 Å². The van der Waals surface area contributed by atoms with Gasteiger partial charge in [-0.1, -0.05) is 64.5 Å². The lowest BCUT2D eigenvalue weighted by Crippen LogP contribution is -2.33. The third kappa shape index (κ3) is 4.76. The van der Waals surface area contributed by atoms with Crippen molar-refractivity contribution < 1.29 is 4.79 Å². The molecule has 0 atom stereocenters. The fourth-order valence-electron chi connectivity index (χ4n) is 1.85. The van der Waals surface area contributed by atoms with Crippen LogP contribution in [0.15, 0.2) is 65.3 Å². The minimum atomic E-state index is -0.137. The van der Waals surface area contributed by atoms with Gasteiger partial charge >= 0.3 is 6.03 Å². The quantitative estimate of drug-likeness (QED) is 0.882. The van der Waals surface area contributed by atoms with Gasteiger partial charge in [0.05, 0.1) is 0 Å². The third-order valence-electron chi connectivity index (χ3n) is 2.98. The molecular weight excluding hydrogens is 328 g/mol. The summed E-state index contributed by atoms with van der Waals surface area (Å²) in [5.41, 5.74) is 2.12. The molecule has 21 heavy (non-hydrogen) atoms. The van der Waals surface area contributed by atoms with E-state index in [1.54, 1.807) is 18.1 Å². The third-order valence-corrected chi connectivity index (χ3v) is 3.71. The highest BCUT2D eigenvalue weighted by Gasteiger charge is 2.06. The first-order valence-electron chi connectivity index (χ1n) is 6.63. The molecule has 0 aliphatic heterocycles. The van der Waals surface area contributed by atoms with E-state index >= 15 is 0 Å². The molecule has 0 bridgehead atoms. The fourth-order valence-corrected chi connectivity index (χ4v) is 2.27. The molecule has 108 valence electrons. The molecule has 2 rings (SSSR count). The number of nitrogens with one attached hydrogen (secondary N) is 1. The topological polar surface area (TPSA) is 32.3 Å². The van der Waals surface area contributed by atoms with Gasteiger partial charge in [0, 0.05) is 24.3 Å². The maximum absolute atomic E-state index is 12.0. The Morgan fingerprint density at radius 1 is 1.14 bits per heavy atom. The number of halogens is 1. The minimum absolute atomic E-state index is 0.137. The van der Waals surface area contributed by atoms with E-state index in [1.807, 2.05) is 60.7 Å². The van der Waals surface area contributed by atoms with Gasteiger partial charge in [0.2, 0.25) is 0 Å². The summed E-state index contributed by atoms with van der Waals surface area (Å²) < 4.78 is 0.994. The Bertz CT molecular complexity index is 626. The number of amides is 2. The lowest BCUT2D eigenvalue weighted by molar-refractivity contribution is 0.211. The first-order chi connectivity index (χ1) is 10.2. The van der Waals surface area contributed by atoms with Crippen molar-refractivity contribution in [2.75, 3.05) is 7.05 Å². The van der Waals surface area contributed by atoms with Crippen LogP contribution in [-0.2, 0) is 6.54 Å². The van der Waals surface area contributed by atoms with Crippen LogP contribution in [0.2, 0.25) is 0 Å². The molecule has 2 aromatic carbocycles. The van der Waals surface area contributed by atoms with E-state index in [0.717, 1.165) is 15.6 Å². The van der Waals surface area contributed by atoms with Crippen LogP contribution in [-0.4, -0.2) is 18.0 Å². The number of hydrogen-bond acceptors (Lipinski definition) is 1. The molecule has 0 heterocycles. The number of urea groups is 1. The van der Waals surface area contributed by atoms with Crippen LogP contribution >= 0.6 is 15.9 Å². The summed E-state index contributed by atoms with van der Waals surface area (Å²) in [6, 6.07) is 17.6. The smallest absolute Gasteiger partial charge is 0.321 e. The van der Waals surface area contributed by atoms with E-state index in [1.165, 1.54) is 0 Å². The van der Waals surface area contributed by atoms with Crippen molar-refractivity contribution in [1.29, 1.82) is 0 Å². The Morgan fingerprint density at radius 2 is 1.81 bits per heavy atom. The summed E-state index contributed by atoms with van der Waals surface area (Å²) in [5.74, 6) is 0. The molecule has 4 heteroatoms. The van der Waals surface area contributed by atoms with Crippen molar-refractivity contribution in [3.8, 4) is 0 Å². The average molecular weight is 345 g/mol. The normalized spacial score (nSPS) is 10.6. The van der Waals surface area contributed by atoms with Crippen molar-refractivity contribution >= 4 is 28.0 Å². The second-order valence-electron chi connectivity index (χ2n) is 4.65. The number of carbonyl (C=O) groups is 1. The maximum Gasteiger partial charge on any atom is 0.321 e. The van der Waals surface area contributed by atoms with E-state index in [0.29, 0.717) is 6.54 Å². The molecule has 2 amide bonds. The Balaban J connectivity index is 1.88. The first kappa shape index (κ1) is 15.3. The first-order valence-corrected chi connectivity index (χ1v) is 7.43. The van der Waals surface area contributed by atoms with Gasteiger partial charge < -0.3 is 10.2 Å². The molecule has 0 aliphatic rings. The second-order valence-corrected chi connectivity index (χ2v) is 5.50. The predicted molar refractivity (Wildman–Crippen MR) is 89.6 cm³/mol. The van der Waals surface area contributed by atoms with Crippen LogP contribution in [0.3, 0.4) is 0 Å². The highest BCUT2D eigenvalue weighted by molar-refractivity contribution is 9.10. The zero-order valence-corrected chi connectivity index (χ0v) is 13.4. The fraction of sp³-hybridized carbons (Fsp3) is 0.118. The van der Waals surface area contributed by atoms with Crippen molar-refractivity contribution in [1.82, 2.24) is 10.2 Å². The van der Waals surface area contributed by atoms with Crippen LogP contribution in [0.4, 0.5) is 4.79 Å². The molecule has 0 aromatic heterocycles. The van der Waals surface area contributed by atoms with E-state index < -0.39 is 0 Å². The van der Waals surface area contributed by atoms with Crippen molar-refractivity contribution in [3.63, 3.8) is 0 Å². The molecule has 0 saturated heterocycles. The van der Waals surface area contributed by atoms with Crippen molar-refractivity contribution in [2.24, 2.45) is 0 Å². The van der Waals surface area contributed by atoms with Gasteiger partial charge in [-0.15, -0.1) is 0 Å². The zero-order valence-electron chi connectivity index (χ0n) is 11.8. The van der Waals surface area contributed by atoms with Gasteiger partial charge in [0.25, 0.3) is 0 Å². The molecule has 0 aliphatic carbocycles. The molecule has 0 spiro atoms. The maximum atomic E-state index is 12.0. The number of rotatable bonds is 4. The summed E-state index contributed by atoms with van der Waals surface area (Å²) >= 11 is 3.46. The van der Waals surface area contributed by atoms with Crippen molar-refractivity contribution in [3.05, 3.63) is 76.4 Å². The second kappa shape index (κ2) is 7.64. The number of hydrogen-bond donors (Lipinski definition) is 1. The lowest BCUT2D eigenvalue weighted by Gasteiger charge is -2.16. The summed E-state index contributed by atoms with van der Waals surface area (Å²) in [7, 11) is 1.77. The largest absolute Gasteiger partial charge is 0.323 e. The van der Waals surface area contributed by atoms with E-state index in [9.17, 15) is 4.79 Å². The van der Waals surface area contributed by atoms with Gasteiger partial charge in [-0.25, -0.2) is 4.79 Å². The van der Waals surface area contributed by atoms with Crippen molar-refractivity contribution in [2.45, 2.75) is 6.54 Å². The van der Waals surface area contributed by atoms with Crippen LogP contribution < -0.4 is 5.32 Å². The molecule has 0 fully saturated rings. The van der Waals surface area contributed by atoms with E-state index in [4.69, 9.17) is 0 Å². The Morgan fingerprint density at radius 3 is 2.52 bits per heavy atom. The molecule has 3 nitrogen and oxygen atoms in total. The lowest BCUT2D eigenvalue weighted by atomic mass is 10.2. The number of carbonyl (C=O) groups excluding carboxylic acids is 1.